The number of hydrogen-bond acceptors (Lipinski definition) is 5. The van der Waals surface area contributed by atoms with Crippen molar-refractivity contribution in [2.24, 2.45) is 0 Å². The summed E-state index contributed by atoms with van der Waals surface area (Å²) in [4.78, 5) is 0.245. The number of piperidine rings is 1. The largest absolute Gasteiger partial charge is 0.492 e. The van der Waals surface area contributed by atoms with Crippen molar-refractivity contribution < 1.29 is 21.6 Å². The fourth-order valence-corrected chi connectivity index (χ4v) is 4.55. The van der Waals surface area contributed by atoms with Gasteiger partial charge in [0.25, 0.3) is 10.2 Å². The quantitative estimate of drug-likeness (QED) is 0.656. The molecule has 1 aliphatic heterocycles. The van der Waals surface area contributed by atoms with Gasteiger partial charge in [-0.2, -0.15) is 21.8 Å². The lowest BCUT2D eigenvalue weighted by Gasteiger charge is -2.25. The Morgan fingerprint density at radius 2 is 1.64 bits per heavy atom. The van der Waals surface area contributed by atoms with Gasteiger partial charge >= 0.3 is 0 Å². The smallest absolute Gasteiger partial charge is 0.279 e. The molecule has 0 unspecified atom stereocenters. The number of rotatable bonds is 8. The summed E-state index contributed by atoms with van der Waals surface area (Å²) in [6, 6.07) is 6.20. The SMILES string of the molecule is CN(C)S(=O)(=O)NCCOc1ccc(S(=O)(=O)N2CCCCC2)cc1. The molecule has 0 amide bonds. The molecular formula is C15H25N3O5S2. The second-order valence-corrected chi connectivity index (χ2v) is 9.87. The predicted molar refractivity (Wildman–Crippen MR) is 95.2 cm³/mol. The molecule has 0 radical (unpaired) electrons. The number of sulfonamides is 1. The van der Waals surface area contributed by atoms with Gasteiger partial charge in [-0.3, -0.25) is 0 Å². The van der Waals surface area contributed by atoms with Gasteiger partial charge in [0.1, 0.15) is 12.4 Å². The summed E-state index contributed by atoms with van der Waals surface area (Å²) in [5.74, 6) is 0.488. The molecule has 1 fully saturated rings. The maximum Gasteiger partial charge on any atom is 0.279 e. The zero-order chi connectivity index (χ0) is 18.5. The summed E-state index contributed by atoms with van der Waals surface area (Å²) in [6.07, 6.45) is 2.85. The van der Waals surface area contributed by atoms with Crippen LogP contribution in [0.4, 0.5) is 0 Å². The molecule has 0 spiro atoms. The van der Waals surface area contributed by atoms with Crippen molar-refractivity contribution in [2.75, 3.05) is 40.3 Å². The summed E-state index contributed by atoms with van der Waals surface area (Å²) >= 11 is 0. The zero-order valence-electron chi connectivity index (χ0n) is 14.5. The fourth-order valence-electron chi connectivity index (χ4n) is 2.43. The Balaban J connectivity index is 1.89. The van der Waals surface area contributed by atoms with E-state index in [0.717, 1.165) is 23.6 Å². The number of ether oxygens (including phenoxy) is 1. The molecule has 1 aromatic rings. The first-order chi connectivity index (χ1) is 11.7. The molecule has 1 heterocycles. The monoisotopic (exact) mass is 391 g/mol. The van der Waals surface area contributed by atoms with E-state index in [-0.39, 0.29) is 18.0 Å². The minimum absolute atomic E-state index is 0.119. The van der Waals surface area contributed by atoms with E-state index in [1.54, 1.807) is 12.1 Å². The summed E-state index contributed by atoms with van der Waals surface area (Å²) in [7, 11) is -4.05. The second kappa shape index (κ2) is 8.45. The molecule has 0 aliphatic carbocycles. The molecule has 0 atom stereocenters. The first-order valence-corrected chi connectivity index (χ1v) is 11.0. The van der Waals surface area contributed by atoms with Crippen LogP contribution >= 0.6 is 0 Å². The first kappa shape index (κ1) is 20.1. The summed E-state index contributed by atoms with van der Waals surface area (Å²) in [5, 5.41) is 0. The maximum atomic E-state index is 12.5. The van der Waals surface area contributed by atoms with Gasteiger partial charge in [0.2, 0.25) is 10.0 Å². The Morgan fingerprint density at radius 1 is 1.04 bits per heavy atom. The van der Waals surface area contributed by atoms with Gasteiger partial charge in [-0.05, 0) is 37.1 Å². The molecule has 0 bridgehead atoms. The van der Waals surface area contributed by atoms with E-state index >= 15 is 0 Å². The second-order valence-electron chi connectivity index (χ2n) is 5.97. The number of nitrogens with zero attached hydrogens (tertiary/aromatic N) is 2. The normalized spacial score (nSPS) is 16.9. The van der Waals surface area contributed by atoms with Crippen molar-refractivity contribution in [3.05, 3.63) is 24.3 Å². The van der Waals surface area contributed by atoms with Crippen molar-refractivity contribution in [1.82, 2.24) is 13.3 Å². The van der Waals surface area contributed by atoms with Crippen LogP contribution < -0.4 is 9.46 Å². The zero-order valence-corrected chi connectivity index (χ0v) is 16.1. The average molecular weight is 392 g/mol. The molecule has 1 aliphatic rings. The van der Waals surface area contributed by atoms with Crippen LogP contribution in [0, 0.1) is 0 Å². The first-order valence-electron chi connectivity index (χ1n) is 8.13. The van der Waals surface area contributed by atoms with Crippen LogP contribution in [0.15, 0.2) is 29.2 Å². The van der Waals surface area contributed by atoms with Crippen LogP contribution in [0.3, 0.4) is 0 Å². The third-order valence-electron chi connectivity index (χ3n) is 3.91. The summed E-state index contributed by atoms with van der Waals surface area (Å²) in [5.41, 5.74) is 0. The minimum Gasteiger partial charge on any atom is -0.492 e. The molecule has 0 aromatic heterocycles. The number of nitrogens with one attached hydrogen (secondary N) is 1. The molecule has 1 aromatic carbocycles. The molecular weight excluding hydrogens is 366 g/mol. The lowest BCUT2D eigenvalue weighted by atomic mass is 10.2. The van der Waals surface area contributed by atoms with Gasteiger partial charge in [0.05, 0.1) is 4.90 Å². The van der Waals surface area contributed by atoms with Crippen molar-refractivity contribution in [3.63, 3.8) is 0 Å². The van der Waals surface area contributed by atoms with Gasteiger partial charge in [-0.25, -0.2) is 8.42 Å². The molecule has 10 heteroatoms. The predicted octanol–water partition coefficient (Wildman–Crippen LogP) is 0.636. The van der Waals surface area contributed by atoms with Crippen LogP contribution in [0.2, 0.25) is 0 Å². The van der Waals surface area contributed by atoms with E-state index in [0.29, 0.717) is 18.8 Å². The Morgan fingerprint density at radius 3 is 2.20 bits per heavy atom. The van der Waals surface area contributed by atoms with Gasteiger partial charge in [0, 0.05) is 33.7 Å². The Labute approximate surface area is 150 Å². The van der Waals surface area contributed by atoms with Crippen LogP contribution in [-0.4, -0.2) is 65.8 Å². The molecule has 1 saturated heterocycles. The van der Waals surface area contributed by atoms with Crippen LogP contribution in [0.1, 0.15) is 19.3 Å². The highest BCUT2D eigenvalue weighted by molar-refractivity contribution is 7.89. The third-order valence-corrected chi connectivity index (χ3v) is 7.36. The van der Waals surface area contributed by atoms with E-state index < -0.39 is 20.2 Å². The van der Waals surface area contributed by atoms with E-state index in [1.165, 1.54) is 30.5 Å². The van der Waals surface area contributed by atoms with E-state index in [2.05, 4.69) is 4.72 Å². The summed E-state index contributed by atoms with van der Waals surface area (Å²) < 4.78 is 58.6. The van der Waals surface area contributed by atoms with Crippen LogP contribution in [-0.2, 0) is 20.2 Å². The van der Waals surface area contributed by atoms with Gasteiger partial charge in [-0.15, -0.1) is 0 Å². The van der Waals surface area contributed by atoms with Crippen molar-refractivity contribution in [3.8, 4) is 5.75 Å². The minimum atomic E-state index is -3.47. The average Bonchev–Trinajstić information content (AvgIpc) is 2.60. The van der Waals surface area contributed by atoms with Gasteiger partial charge in [-0.1, -0.05) is 6.42 Å². The van der Waals surface area contributed by atoms with Crippen molar-refractivity contribution >= 4 is 20.2 Å². The standard InChI is InChI=1S/C15H25N3O5S2/c1-17(2)25(21,22)16-10-13-23-14-6-8-15(9-7-14)24(19,20)18-11-4-3-5-12-18/h6-9,16H,3-5,10-13H2,1-2H3. The van der Waals surface area contributed by atoms with Crippen LogP contribution in [0.5, 0.6) is 5.75 Å². The van der Waals surface area contributed by atoms with Gasteiger partial charge in [0.15, 0.2) is 0 Å². The van der Waals surface area contributed by atoms with Crippen molar-refractivity contribution in [1.29, 1.82) is 0 Å². The fraction of sp³-hybridized carbons (Fsp3) is 0.600. The number of benzene rings is 1. The molecule has 142 valence electrons. The Kier molecular flexibility index (Phi) is 6.80. The van der Waals surface area contributed by atoms with E-state index in [4.69, 9.17) is 4.74 Å². The lowest BCUT2D eigenvalue weighted by molar-refractivity contribution is 0.321. The topological polar surface area (TPSA) is 96.0 Å². The maximum absolute atomic E-state index is 12.5. The molecule has 25 heavy (non-hydrogen) atoms. The van der Waals surface area contributed by atoms with Crippen LogP contribution in [0.25, 0.3) is 0 Å². The summed E-state index contributed by atoms with van der Waals surface area (Å²) in [6.45, 7) is 1.39. The highest BCUT2D eigenvalue weighted by Crippen LogP contribution is 2.22. The van der Waals surface area contributed by atoms with Crippen molar-refractivity contribution in [2.45, 2.75) is 24.2 Å². The molecule has 1 N–H and O–H groups in total. The molecule has 0 saturated carbocycles. The lowest BCUT2D eigenvalue weighted by Crippen LogP contribution is -2.37. The molecule has 2 rings (SSSR count). The third kappa shape index (κ3) is 5.38. The Bertz CT molecular complexity index is 755. The molecule has 8 nitrogen and oxygen atoms in total. The highest BCUT2D eigenvalue weighted by atomic mass is 32.2. The van der Waals surface area contributed by atoms with E-state index in [9.17, 15) is 16.8 Å². The Hall–Kier alpha value is -1.20. The van der Waals surface area contributed by atoms with E-state index in [1.807, 2.05) is 0 Å². The van der Waals surface area contributed by atoms with Gasteiger partial charge < -0.3 is 4.74 Å². The highest BCUT2D eigenvalue weighted by Gasteiger charge is 2.25. The number of hydrogen-bond donors (Lipinski definition) is 1.